The van der Waals surface area contributed by atoms with Gasteiger partial charge < -0.3 is 15.2 Å². The van der Waals surface area contributed by atoms with E-state index in [4.69, 9.17) is 15.2 Å². The number of hydrogen-bond donors (Lipinski definition) is 1. The minimum Gasteiger partial charge on any atom is -0.465 e. The summed E-state index contributed by atoms with van der Waals surface area (Å²) in [4.78, 5) is 11.5. The van der Waals surface area contributed by atoms with Gasteiger partial charge in [0.15, 0.2) is 0 Å². The van der Waals surface area contributed by atoms with Crippen molar-refractivity contribution >= 4 is 5.97 Å². The quantitative estimate of drug-likeness (QED) is 0.682. The van der Waals surface area contributed by atoms with Crippen molar-refractivity contribution in [2.45, 2.75) is 39.7 Å². The van der Waals surface area contributed by atoms with Gasteiger partial charge in [0.2, 0.25) is 0 Å². The molecule has 0 saturated carbocycles. The summed E-state index contributed by atoms with van der Waals surface area (Å²) in [5.74, 6) is -0.253. The van der Waals surface area contributed by atoms with Crippen LogP contribution >= 0.6 is 0 Å². The fraction of sp³-hybridized carbons (Fsp3) is 0.909. The Morgan fingerprint density at radius 3 is 2.20 bits per heavy atom. The summed E-state index contributed by atoms with van der Waals surface area (Å²) >= 11 is 0. The van der Waals surface area contributed by atoms with E-state index in [0.29, 0.717) is 19.6 Å². The van der Waals surface area contributed by atoms with Gasteiger partial charge in [-0.3, -0.25) is 4.79 Å². The Morgan fingerprint density at radius 1 is 1.27 bits per heavy atom. The van der Waals surface area contributed by atoms with Crippen LogP contribution in [-0.2, 0) is 14.3 Å². The van der Waals surface area contributed by atoms with Gasteiger partial charge in [0.1, 0.15) is 0 Å². The molecule has 0 amide bonds. The first-order valence-corrected chi connectivity index (χ1v) is 5.17. The molecular weight excluding hydrogens is 194 g/mol. The molecule has 0 aromatic rings. The summed E-state index contributed by atoms with van der Waals surface area (Å²) in [7, 11) is 1.64. The highest BCUT2D eigenvalue weighted by molar-refractivity contribution is 5.76. The summed E-state index contributed by atoms with van der Waals surface area (Å²) in [6.07, 6.45) is 0.676. The summed E-state index contributed by atoms with van der Waals surface area (Å²) < 4.78 is 10.4. The Balaban J connectivity index is 3.93. The molecule has 0 bridgehead atoms. The molecule has 0 aromatic carbocycles. The number of nitrogens with two attached hydrogens (primary N) is 1. The maximum absolute atomic E-state index is 11.5. The highest BCUT2D eigenvalue weighted by Crippen LogP contribution is 2.17. The normalized spacial score (nSPS) is 12.7. The predicted octanol–water partition coefficient (Wildman–Crippen LogP) is 1.33. The third-order valence-corrected chi connectivity index (χ3v) is 2.55. The summed E-state index contributed by atoms with van der Waals surface area (Å²) in [6.45, 7) is 8.11. The van der Waals surface area contributed by atoms with Crippen LogP contribution in [-0.4, -0.2) is 31.8 Å². The van der Waals surface area contributed by atoms with E-state index in [0.717, 1.165) is 0 Å². The van der Waals surface area contributed by atoms with Crippen molar-refractivity contribution < 1.29 is 14.3 Å². The zero-order valence-corrected chi connectivity index (χ0v) is 10.4. The SMILES string of the molecule is COC(C)(C)CCOC(=O)C(C)(C)CN. The molecule has 0 aliphatic rings. The van der Waals surface area contributed by atoms with Crippen molar-refractivity contribution in [3.8, 4) is 0 Å². The Bertz CT molecular complexity index is 212. The molecule has 0 aliphatic carbocycles. The maximum atomic E-state index is 11.5. The van der Waals surface area contributed by atoms with Gasteiger partial charge >= 0.3 is 5.97 Å². The zero-order valence-electron chi connectivity index (χ0n) is 10.4. The predicted molar refractivity (Wildman–Crippen MR) is 59.5 cm³/mol. The van der Waals surface area contributed by atoms with Gasteiger partial charge in [-0.15, -0.1) is 0 Å². The van der Waals surface area contributed by atoms with E-state index in [9.17, 15) is 4.79 Å². The molecule has 90 valence electrons. The summed E-state index contributed by atoms with van der Waals surface area (Å²) in [5.41, 5.74) is 4.61. The average Bonchev–Trinajstić information content (AvgIpc) is 2.17. The van der Waals surface area contributed by atoms with Gasteiger partial charge in [0, 0.05) is 20.1 Å². The van der Waals surface area contributed by atoms with E-state index in [1.54, 1.807) is 21.0 Å². The molecule has 0 unspecified atom stereocenters. The lowest BCUT2D eigenvalue weighted by molar-refractivity contribution is -0.154. The lowest BCUT2D eigenvalue weighted by atomic mass is 9.94. The van der Waals surface area contributed by atoms with Crippen LogP contribution in [0, 0.1) is 5.41 Å². The number of esters is 1. The van der Waals surface area contributed by atoms with Gasteiger partial charge in [-0.2, -0.15) is 0 Å². The number of hydrogen-bond acceptors (Lipinski definition) is 4. The van der Waals surface area contributed by atoms with Crippen LogP contribution in [0.2, 0.25) is 0 Å². The summed E-state index contributed by atoms with van der Waals surface area (Å²) in [5, 5.41) is 0. The van der Waals surface area contributed by atoms with Crippen LogP contribution in [0.25, 0.3) is 0 Å². The van der Waals surface area contributed by atoms with Crippen LogP contribution in [0.1, 0.15) is 34.1 Å². The average molecular weight is 217 g/mol. The number of carbonyl (C=O) groups excluding carboxylic acids is 1. The molecule has 2 N–H and O–H groups in total. The largest absolute Gasteiger partial charge is 0.465 e. The van der Waals surface area contributed by atoms with Crippen molar-refractivity contribution in [1.82, 2.24) is 0 Å². The fourth-order valence-electron chi connectivity index (χ4n) is 0.770. The molecule has 0 heterocycles. The Morgan fingerprint density at radius 2 is 1.80 bits per heavy atom. The monoisotopic (exact) mass is 217 g/mol. The van der Waals surface area contributed by atoms with Crippen LogP contribution in [0.4, 0.5) is 0 Å². The lowest BCUT2D eigenvalue weighted by Gasteiger charge is -2.24. The molecule has 0 aromatic heterocycles. The molecule has 15 heavy (non-hydrogen) atoms. The Hall–Kier alpha value is -0.610. The zero-order chi connectivity index (χ0) is 12.1. The molecule has 0 spiro atoms. The molecule has 4 heteroatoms. The van der Waals surface area contributed by atoms with Gasteiger partial charge in [-0.1, -0.05) is 0 Å². The van der Waals surface area contributed by atoms with Gasteiger partial charge in [-0.25, -0.2) is 0 Å². The van der Waals surface area contributed by atoms with Gasteiger partial charge in [-0.05, 0) is 27.7 Å². The number of rotatable bonds is 6. The first kappa shape index (κ1) is 14.4. The Labute approximate surface area is 92.1 Å². The number of carbonyl (C=O) groups is 1. The molecule has 0 aliphatic heterocycles. The smallest absolute Gasteiger partial charge is 0.312 e. The highest BCUT2D eigenvalue weighted by Gasteiger charge is 2.28. The minimum absolute atomic E-state index is 0.253. The van der Waals surface area contributed by atoms with Crippen molar-refractivity contribution in [2.24, 2.45) is 11.1 Å². The fourth-order valence-corrected chi connectivity index (χ4v) is 0.770. The molecule has 0 fully saturated rings. The van der Waals surface area contributed by atoms with E-state index >= 15 is 0 Å². The molecular formula is C11H23NO3. The second-order valence-corrected chi connectivity index (χ2v) is 4.94. The molecule has 0 rings (SSSR count). The van der Waals surface area contributed by atoms with Crippen molar-refractivity contribution in [2.75, 3.05) is 20.3 Å². The third kappa shape index (κ3) is 5.14. The van der Waals surface area contributed by atoms with Crippen molar-refractivity contribution in [3.63, 3.8) is 0 Å². The second-order valence-electron chi connectivity index (χ2n) is 4.94. The first-order chi connectivity index (χ1) is 6.75. The molecule has 0 atom stereocenters. The van der Waals surface area contributed by atoms with E-state index in [2.05, 4.69) is 0 Å². The van der Waals surface area contributed by atoms with E-state index in [1.165, 1.54) is 0 Å². The van der Waals surface area contributed by atoms with E-state index < -0.39 is 5.41 Å². The van der Waals surface area contributed by atoms with Crippen LogP contribution < -0.4 is 5.73 Å². The third-order valence-electron chi connectivity index (χ3n) is 2.55. The first-order valence-electron chi connectivity index (χ1n) is 5.17. The lowest BCUT2D eigenvalue weighted by Crippen LogP contribution is -2.35. The molecule has 0 radical (unpaired) electrons. The standard InChI is InChI=1S/C11H23NO3/c1-10(2,8-12)9(13)15-7-6-11(3,4)14-5/h6-8,12H2,1-5H3. The number of methoxy groups -OCH3 is 1. The second kappa shape index (κ2) is 5.47. The van der Waals surface area contributed by atoms with Crippen molar-refractivity contribution in [3.05, 3.63) is 0 Å². The number of ether oxygens (including phenoxy) is 2. The van der Waals surface area contributed by atoms with Crippen LogP contribution in [0.15, 0.2) is 0 Å². The summed E-state index contributed by atoms with van der Waals surface area (Å²) in [6, 6.07) is 0. The van der Waals surface area contributed by atoms with Crippen LogP contribution in [0.3, 0.4) is 0 Å². The van der Waals surface area contributed by atoms with Gasteiger partial charge in [0.25, 0.3) is 0 Å². The van der Waals surface area contributed by atoms with E-state index in [1.807, 2.05) is 13.8 Å². The topological polar surface area (TPSA) is 61.5 Å². The minimum atomic E-state index is -0.600. The molecule has 0 saturated heterocycles. The maximum Gasteiger partial charge on any atom is 0.312 e. The van der Waals surface area contributed by atoms with Crippen molar-refractivity contribution in [1.29, 1.82) is 0 Å². The Kier molecular flexibility index (Phi) is 5.24. The van der Waals surface area contributed by atoms with E-state index in [-0.39, 0.29) is 11.6 Å². The molecule has 4 nitrogen and oxygen atoms in total. The van der Waals surface area contributed by atoms with Crippen LogP contribution in [0.5, 0.6) is 0 Å². The van der Waals surface area contributed by atoms with Gasteiger partial charge in [0.05, 0.1) is 17.6 Å². The highest BCUT2D eigenvalue weighted by atomic mass is 16.5.